The molecule has 0 saturated carbocycles. The lowest BCUT2D eigenvalue weighted by molar-refractivity contribution is -0.137. The molecule has 1 N–H and O–H groups in total. The molecule has 1 unspecified atom stereocenters. The average Bonchev–Trinajstić information content (AvgIpc) is 2.30. The summed E-state index contributed by atoms with van der Waals surface area (Å²) in [4.78, 5) is 12.6. The largest absolute Gasteiger partial charge is 0.497 e. The molecule has 0 fully saturated rings. The lowest BCUT2D eigenvalue weighted by Crippen LogP contribution is -2.21. The van der Waals surface area contributed by atoms with E-state index in [0.29, 0.717) is 17.2 Å². The predicted molar refractivity (Wildman–Crippen MR) is 71.3 cm³/mol. The number of carbonyl (C=O) groups is 1. The van der Waals surface area contributed by atoms with Gasteiger partial charge in [0, 0.05) is 17.5 Å². The number of rotatable bonds is 6. The lowest BCUT2D eigenvalue weighted by Gasteiger charge is -2.25. The SMILES string of the molecule is COc1ccc(C(CCC(=O)O)N(C)C)c(Cl)c1. The Morgan fingerprint density at radius 3 is 2.61 bits per heavy atom. The molecule has 100 valence electrons. The second-order valence-electron chi connectivity index (χ2n) is 4.30. The topological polar surface area (TPSA) is 49.8 Å². The fourth-order valence-electron chi connectivity index (χ4n) is 1.86. The Labute approximate surface area is 112 Å². The molecular weight excluding hydrogens is 254 g/mol. The maximum atomic E-state index is 10.7. The van der Waals surface area contributed by atoms with E-state index in [4.69, 9.17) is 21.4 Å². The fourth-order valence-corrected chi connectivity index (χ4v) is 2.15. The molecule has 18 heavy (non-hydrogen) atoms. The van der Waals surface area contributed by atoms with E-state index in [-0.39, 0.29) is 12.5 Å². The monoisotopic (exact) mass is 271 g/mol. The Morgan fingerprint density at radius 1 is 1.50 bits per heavy atom. The predicted octanol–water partition coefficient (Wildman–Crippen LogP) is 2.82. The summed E-state index contributed by atoms with van der Waals surface area (Å²) in [7, 11) is 5.40. The summed E-state index contributed by atoms with van der Waals surface area (Å²) in [5.74, 6) is -0.106. The van der Waals surface area contributed by atoms with Crippen molar-refractivity contribution in [3.63, 3.8) is 0 Å². The maximum Gasteiger partial charge on any atom is 0.303 e. The van der Waals surface area contributed by atoms with Gasteiger partial charge in [-0.15, -0.1) is 0 Å². The van der Waals surface area contributed by atoms with Crippen LogP contribution in [0.25, 0.3) is 0 Å². The number of benzene rings is 1. The third-order valence-electron chi connectivity index (χ3n) is 2.82. The van der Waals surface area contributed by atoms with Crippen LogP contribution in [0.3, 0.4) is 0 Å². The molecule has 0 heterocycles. The van der Waals surface area contributed by atoms with Gasteiger partial charge in [-0.2, -0.15) is 0 Å². The van der Waals surface area contributed by atoms with Gasteiger partial charge in [-0.25, -0.2) is 0 Å². The van der Waals surface area contributed by atoms with E-state index in [1.807, 2.05) is 31.1 Å². The van der Waals surface area contributed by atoms with Crippen molar-refractivity contribution in [3.8, 4) is 5.75 Å². The van der Waals surface area contributed by atoms with Crippen molar-refractivity contribution in [1.29, 1.82) is 0 Å². The van der Waals surface area contributed by atoms with Crippen molar-refractivity contribution in [2.75, 3.05) is 21.2 Å². The fraction of sp³-hybridized carbons (Fsp3) is 0.462. The van der Waals surface area contributed by atoms with Gasteiger partial charge in [-0.3, -0.25) is 4.79 Å². The Hall–Kier alpha value is -1.26. The summed E-state index contributed by atoms with van der Waals surface area (Å²) >= 11 is 6.21. The van der Waals surface area contributed by atoms with E-state index in [9.17, 15) is 4.79 Å². The quantitative estimate of drug-likeness (QED) is 0.864. The van der Waals surface area contributed by atoms with Gasteiger partial charge in [0.15, 0.2) is 0 Å². The molecule has 5 heteroatoms. The minimum Gasteiger partial charge on any atom is -0.497 e. The van der Waals surface area contributed by atoms with Crippen molar-refractivity contribution in [2.45, 2.75) is 18.9 Å². The molecule has 0 aliphatic carbocycles. The third kappa shape index (κ3) is 3.89. The van der Waals surface area contributed by atoms with Gasteiger partial charge < -0.3 is 14.7 Å². The van der Waals surface area contributed by atoms with E-state index >= 15 is 0 Å². The third-order valence-corrected chi connectivity index (χ3v) is 3.15. The van der Waals surface area contributed by atoms with Crippen LogP contribution in [-0.2, 0) is 4.79 Å². The zero-order valence-corrected chi connectivity index (χ0v) is 11.6. The van der Waals surface area contributed by atoms with Gasteiger partial charge in [0.1, 0.15) is 5.75 Å². The molecule has 4 nitrogen and oxygen atoms in total. The van der Waals surface area contributed by atoms with Gasteiger partial charge in [0.2, 0.25) is 0 Å². The van der Waals surface area contributed by atoms with Crippen molar-refractivity contribution in [3.05, 3.63) is 28.8 Å². The number of halogens is 1. The van der Waals surface area contributed by atoms with Gasteiger partial charge in [-0.1, -0.05) is 17.7 Å². The summed E-state index contributed by atoms with van der Waals surface area (Å²) in [5.41, 5.74) is 0.920. The van der Waals surface area contributed by atoms with E-state index in [0.717, 1.165) is 5.56 Å². The van der Waals surface area contributed by atoms with E-state index in [1.165, 1.54) is 0 Å². The first-order chi connectivity index (χ1) is 8.45. The molecule has 0 radical (unpaired) electrons. The van der Waals surface area contributed by atoms with Crippen LogP contribution in [0.15, 0.2) is 18.2 Å². The highest BCUT2D eigenvalue weighted by molar-refractivity contribution is 6.31. The minimum atomic E-state index is -0.800. The zero-order valence-electron chi connectivity index (χ0n) is 10.8. The van der Waals surface area contributed by atoms with Crippen LogP contribution < -0.4 is 4.74 Å². The van der Waals surface area contributed by atoms with Gasteiger partial charge in [-0.05, 0) is 38.2 Å². The molecule has 0 saturated heterocycles. The van der Waals surface area contributed by atoms with Crippen LogP contribution in [0.1, 0.15) is 24.4 Å². The van der Waals surface area contributed by atoms with Gasteiger partial charge >= 0.3 is 5.97 Å². The normalized spacial score (nSPS) is 12.5. The number of carboxylic acids is 1. The van der Waals surface area contributed by atoms with Crippen molar-refractivity contribution < 1.29 is 14.6 Å². The molecule has 0 aromatic heterocycles. The molecule has 1 rings (SSSR count). The maximum absolute atomic E-state index is 10.7. The van der Waals surface area contributed by atoms with Crippen molar-refractivity contribution in [1.82, 2.24) is 4.90 Å². The molecule has 0 amide bonds. The smallest absolute Gasteiger partial charge is 0.303 e. The Balaban J connectivity index is 2.95. The average molecular weight is 272 g/mol. The Morgan fingerprint density at radius 2 is 2.17 bits per heavy atom. The number of hydrogen-bond acceptors (Lipinski definition) is 3. The summed E-state index contributed by atoms with van der Waals surface area (Å²) in [5, 5.41) is 9.37. The lowest BCUT2D eigenvalue weighted by atomic mass is 10.0. The first-order valence-electron chi connectivity index (χ1n) is 5.67. The number of hydrogen-bond donors (Lipinski definition) is 1. The highest BCUT2D eigenvalue weighted by Crippen LogP contribution is 2.32. The standard InChI is InChI=1S/C13H18ClNO3/c1-15(2)12(6-7-13(16)17)10-5-4-9(18-3)8-11(10)14/h4-5,8,12H,6-7H2,1-3H3,(H,16,17). The van der Waals surface area contributed by atoms with Crippen LogP contribution in [0.4, 0.5) is 0 Å². The summed E-state index contributed by atoms with van der Waals surface area (Å²) in [6, 6.07) is 5.44. The molecular formula is C13H18ClNO3. The first kappa shape index (κ1) is 14.8. The van der Waals surface area contributed by atoms with E-state index in [2.05, 4.69) is 0 Å². The van der Waals surface area contributed by atoms with E-state index in [1.54, 1.807) is 13.2 Å². The second-order valence-corrected chi connectivity index (χ2v) is 4.71. The number of ether oxygens (including phenoxy) is 1. The molecule has 0 spiro atoms. The summed E-state index contributed by atoms with van der Waals surface area (Å²) in [6.07, 6.45) is 0.638. The summed E-state index contributed by atoms with van der Waals surface area (Å²) < 4.78 is 5.10. The van der Waals surface area contributed by atoms with Crippen LogP contribution in [-0.4, -0.2) is 37.2 Å². The summed E-state index contributed by atoms with van der Waals surface area (Å²) in [6.45, 7) is 0. The van der Waals surface area contributed by atoms with Crippen molar-refractivity contribution in [2.24, 2.45) is 0 Å². The van der Waals surface area contributed by atoms with Crippen LogP contribution in [0, 0.1) is 0 Å². The zero-order chi connectivity index (χ0) is 13.7. The minimum absolute atomic E-state index is 0.0143. The van der Waals surface area contributed by atoms with Crippen LogP contribution in [0.5, 0.6) is 5.75 Å². The van der Waals surface area contributed by atoms with Crippen molar-refractivity contribution >= 4 is 17.6 Å². The first-order valence-corrected chi connectivity index (χ1v) is 6.05. The molecule has 1 atom stereocenters. The molecule has 1 aromatic carbocycles. The molecule has 0 aliphatic rings. The highest BCUT2D eigenvalue weighted by Gasteiger charge is 2.18. The molecule has 0 aliphatic heterocycles. The highest BCUT2D eigenvalue weighted by atomic mass is 35.5. The molecule has 1 aromatic rings. The number of methoxy groups -OCH3 is 1. The Kier molecular flexibility index (Phi) is 5.44. The molecule has 0 bridgehead atoms. The number of carboxylic acid groups (broad SMARTS) is 1. The van der Waals surface area contributed by atoms with Crippen LogP contribution in [0.2, 0.25) is 5.02 Å². The van der Waals surface area contributed by atoms with Crippen LogP contribution >= 0.6 is 11.6 Å². The van der Waals surface area contributed by atoms with Gasteiger partial charge in [0.25, 0.3) is 0 Å². The Bertz CT molecular complexity index is 421. The van der Waals surface area contributed by atoms with Gasteiger partial charge in [0.05, 0.1) is 7.11 Å². The number of nitrogens with zero attached hydrogens (tertiary/aromatic N) is 1. The number of aliphatic carboxylic acids is 1. The second kappa shape index (κ2) is 6.61. The van der Waals surface area contributed by atoms with E-state index < -0.39 is 5.97 Å².